The number of hydrogen-bond donors (Lipinski definition) is 1. The average molecular weight is 413 g/mol. The van der Waals surface area contributed by atoms with E-state index in [1.54, 1.807) is 0 Å². The minimum Gasteiger partial charge on any atom is -0.481 e. The molecule has 2 nitrogen and oxygen atoms in total. The average Bonchev–Trinajstić information content (AvgIpc) is 2.66. The van der Waals surface area contributed by atoms with Gasteiger partial charge in [-0.2, -0.15) is 0 Å². The molecule has 0 aromatic heterocycles. The standard InChI is InChI=1S/C28H44O2/c1-7-8-9-10-16-25(27(29)30)19-17-22(2)13-11-14-23(3)18-20-26-24(4)15-12-21-28(26,5)6/h11,13-14,17-18,20,25H,7-10,12,15-16,19,21H2,1-6H3,(H,29,30). The Bertz CT molecular complexity index is 698. The van der Waals surface area contributed by atoms with Crippen molar-refractivity contribution in [2.45, 2.75) is 99.3 Å². The first-order valence-electron chi connectivity index (χ1n) is 11.8. The molecule has 1 rings (SSSR count). The molecule has 1 aliphatic rings. The predicted molar refractivity (Wildman–Crippen MR) is 131 cm³/mol. The van der Waals surface area contributed by atoms with E-state index in [1.165, 1.54) is 48.8 Å². The molecule has 0 bridgehead atoms. The highest BCUT2D eigenvalue weighted by atomic mass is 16.4. The van der Waals surface area contributed by atoms with E-state index in [2.05, 4.69) is 71.1 Å². The molecule has 0 aliphatic heterocycles. The second-order valence-corrected chi connectivity index (χ2v) is 9.60. The van der Waals surface area contributed by atoms with Gasteiger partial charge >= 0.3 is 5.97 Å². The molecule has 0 spiro atoms. The zero-order chi connectivity index (χ0) is 22.6. The van der Waals surface area contributed by atoms with Crippen LogP contribution in [0.15, 0.2) is 58.7 Å². The van der Waals surface area contributed by atoms with Crippen molar-refractivity contribution in [3.05, 3.63) is 58.7 Å². The number of allylic oxidation sites excluding steroid dienone is 10. The molecule has 0 fully saturated rings. The minimum absolute atomic E-state index is 0.263. The first-order chi connectivity index (χ1) is 14.2. The number of carbonyl (C=O) groups is 1. The third-order valence-electron chi connectivity index (χ3n) is 6.25. The summed E-state index contributed by atoms with van der Waals surface area (Å²) in [6.45, 7) is 13.3. The van der Waals surface area contributed by atoms with Gasteiger partial charge in [0.15, 0.2) is 0 Å². The topological polar surface area (TPSA) is 37.3 Å². The van der Waals surface area contributed by atoms with Gasteiger partial charge < -0.3 is 5.11 Å². The predicted octanol–water partition coefficient (Wildman–Crippen LogP) is 8.58. The Morgan fingerprint density at radius 3 is 2.50 bits per heavy atom. The van der Waals surface area contributed by atoms with Crippen molar-refractivity contribution in [3.63, 3.8) is 0 Å². The summed E-state index contributed by atoms with van der Waals surface area (Å²) in [6, 6.07) is 0. The Hall–Kier alpha value is -1.83. The van der Waals surface area contributed by atoms with E-state index >= 15 is 0 Å². The fraction of sp³-hybridized carbons (Fsp3) is 0.607. The Morgan fingerprint density at radius 2 is 1.87 bits per heavy atom. The Morgan fingerprint density at radius 1 is 1.13 bits per heavy atom. The molecule has 168 valence electrons. The molecule has 1 aliphatic carbocycles. The van der Waals surface area contributed by atoms with Gasteiger partial charge in [-0.15, -0.1) is 0 Å². The smallest absolute Gasteiger partial charge is 0.306 e. The van der Waals surface area contributed by atoms with Crippen LogP contribution < -0.4 is 0 Å². The first kappa shape index (κ1) is 26.2. The summed E-state index contributed by atoms with van der Waals surface area (Å²) >= 11 is 0. The number of carboxylic acid groups (broad SMARTS) is 1. The second kappa shape index (κ2) is 13.5. The number of rotatable bonds is 12. The summed E-state index contributed by atoms with van der Waals surface area (Å²) in [5, 5.41) is 9.45. The van der Waals surface area contributed by atoms with Crippen LogP contribution in [0.25, 0.3) is 0 Å². The van der Waals surface area contributed by atoms with Crippen molar-refractivity contribution in [2.24, 2.45) is 11.3 Å². The van der Waals surface area contributed by atoms with Gasteiger partial charge in [0.2, 0.25) is 0 Å². The highest BCUT2D eigenvalue weighted by Gasteiger charge is 2.26. The summed E-state index contributed by atoms with van der Waals surface area (Å²) in [7, 11) is 0. The summed E-state index contributed by atoms with van der Waals surface area (Å²) in [5.41, 5.74) is 5.62. The van der Waals surface area contributed by atoms with Crippen LogP contribution in [0.2, 0.25) is 0 Å². The molecule has 0 radical (unpaired) electrons. The van der Waals surface area contributed by atoms with Gasteiger partial charge in [-0.3, -0.25) is 4.79 Å². The zero-order valence-corrected chi connectivity index (χ0v) is 20.3. The number of unbranched alkanes of at least 4 members (excludes halogenated alkanes) is 3. The van der Waals surface area contributed by atoms with E-state index in [1.807, 2.05) is 6.92 Å². The normalized spacial score (nSPS) is 19.1. The molecule has 30 heavy (non-hydrogen) atoms. The molecular formula is C28H44O2. The highest BCUT2D eigenvalue weighted by Crippen LogP contribution is 2.40. The quantitative estimate of drug-likeness (QED) is 0.257. The van der Waals surface area contributed by atoms with Crippen molar-refractivity contribution in [1.82, 2.24) is 0 Å². The molecule has 0 amide bonds. The van der Waals surface area contributed by atoms with Crippen LogP contribution in [0.5, 0.6) is 0 Å². The first-order valence-corrected chi connectivity index (χ1v) is 11.8. The maximum Gasteiger partial charge on any atom is 0.306 e. The largest absolute Gasteiger partial charge is 0.481 e. The second-order valence-electron chi connectivity index (χ2n) is 9.60. The lowest BCUT2D eigenvalue weighted by Crippen LogP contribution is -2.19. The zero-order valence-electron chi connectivity index (χ0n) is 20.3. The lowest BCUT2D eigenvalue weighted by Gasteiger charge is -2.32. The van der Waals surface area contributed by atoms with Gasteiger partial charge in [0.1, 0.15) is 0 Å². The van der Waals surface area contributed by atoms with Gasteiger partial charge in [-0.1, -0.05) is 99.6 Å². The molecule has 0 aromatic rings. The van der Waals surface area contributed by atoms with Crippen LogP contribution in [0.1, 0.15) is 99.3 Å². The summed E-state index contributed by atoms with van der Waals surface area (Å²) in [5.74, 6) is -0.934. The minimum atomic E-state index is -0.671. The van der Waals surface area contributed by atoms with Gasteiger partial charge in [0.25, 0.3) is 0 Å². The molecule has 0 saturated carbocycles. The molecule has 1 unspecified atom stereocenters. The van der Waals surface area contributed by atoms with E-state index in [-0.39, 0.29) is 11.3 Å². The summed E-state index contributed by atoms with van der Waals surface area (Å²) in [6.07, 6.45) is 22.5. The van der Waals surface area contributed by atoms with Crippen molar-refractivity contribution < 1.29 is 9.90 Å². The van der Waals surface area contributed by atoms with Crippen LogP contribution in [0, 0.1) is 11.3 Å². The van der Waals surface area contributed by atoms with Crippen LogP contribution in [-0.2, 0) is 4.79 Å². The maximum atomic E-state index is 11.5. The van der Waals surface area contributed by atoms with E-state index in [0.29, 0.717) is 6.42 Å². The third-order valence-corrected chi connectivity index (χ3v) is 6.25. The Labute approximate surface area is 185 Å². The number of aliphatic carboxylic acids is 1. The summed E-state index contributed by atoms with van der Waals surface area (Å²) in [4.78, 5) is 11.5. The Balaban J connectivity index is 2.63. The molecule has 2 heteroatoms. The summed E-state index contributed by atoms with van der Waals surface area (Å²) < 4.78 is 0. The van der Waals surface area contributed by atoms with Gasteiger partial charge in [-0.05, 0) is 63.9 Å². The van der Waals surface area contributed by atoms with Crippen LogP contribution in [-0.4, -0.2) is 11.1 Å². The molecule has 0 heterocycles. The van der Waals surface area contributed by atoms with E-state index in [9.17, 15) is 9.90 Å². The van der Waals surface area contributed by atoms with Crippen molar-refractivity contribution >= 4 is 5.97 Å². The van der Waals surface area contributed by atoms with Gasteiger partial charge in [0, 0.05) is 0 Å². The molecular weight excluding hydrogens is 368 g/mol. The van der Waals surface area contributed by atoms with Crippen molar-refractivity contribution in [3.8, 4) is 0 Å². The third kappa shape index (κ3) is 9.78. The maximum absolute atomic E-state index is 11.5. The molecule has 0 saturated heterocycles. The van der Waals surface area contributed by atoms with Crippen molar-refractivity contribution in [2.75, 3.05) is 0 Å². The monoisotopic (exact) mass is 412 g/mol. The lowest BCUT2D eigenvalue weighted by molar-refractivity contribution is -0.141. The van der Waals surface area contributed by atoms with Crippen LogP contribution in [0.3, 0.4) is 0 Å². The van der Waals surface area contributed by atoms with Crippen LogP contribution >= 0.6 is 0 Å². The van der Waals surface area contributed by atoms with Crippen molar-refractivity contribution in [1.29, 1.82) is 0 Å². The molecule has 1 N–H and O–H groups in total. The van der Waals surface area contributed by atoms with Gasteiger partial charge in [-0.25, -0.2) is 0 Å². The molecule has 0 aromatic carbocycles. The van der Waals surface area contributed by atoms with Gasteiger partial charge in [0.05, 0.1) is 5.92 Å². The van der Waals surface area contributed by atoms with E-state index in [0.717, 1.165) is 24.8 Å². The fourth-order valence-electron chi connectivity index (χ4n) is 4.19. The highest BCUT2D eigenvalue weighted by molar-refractivity contribution is 5.70. The lowest BCUT2D eigenvalue weighted by atomic mass is 9.72. The van der Waals surface area contributed by atoms with E-state index in [4.69, 9.17) is 0 Å². The Kier molecular flexibility index (Phi) is 11.8. The number of carboxylic acids is 1. The molecule has 1 atom stereocenters. The van der Waals surface area contributed by atoms with E-state index < -0.39 is 5.97 Å². The number of hydrogen-bond acceptors (Lipinski definition) is 1. The fourth-order valence-corrected chi connectivity index (χ4v) is 4.19. The van der Waals surface area contributed by atoms with Crippen LogP contribution in [0.4, 0.5) is 0 Å². The SMILES string of the molecule is CCCCCCC(CC=C(C)C=CC=C(C)C=CC1=C(C)CCCC1(C)C)C(=O)O.